The largest absolute Gasteiger partial charge is 0.494 e. The number of rotatable bonds is 7. The van der Waals surface area contributed by atoms with Crippen LogP contribution in [0.15, 0.2) is 60.7 Å². The lowest BCUT2D eigenvalue weighted by Crippen LogP contribution is -2.30. The van der Waals surface area contributed by atoms with Gasteiger partial charge in [-0.3, -0.25) is 4.79 Å². The van der Waals surface area contributed by atoms with Crippen molar-refractivity contribution in [3.8, 4) is 17.3 Å². The predicted octanol–water partition coefficient (Wildman–Crippen LogP) is 4.84. The summed E-state index contributed by atoms with van der Waals surface area (Å²) in [5, 5.41) is 8.50. The Hall–Kier alpha value is -3.87. The van der Waals surface area contributed by atoms with Gasteiger partial charge in [0.15, 0.2) is 11.8 Å². The Morgan fingerprint density at radius 1 is 1.09 bits per heavy atom. The number of para-hydroxylation sites is 1. The van der Waals surface area contributed by atoms with Gasteiger partial charge in [0.2, 0.25) is 5.88 Å². The van der Waals surface area contributed by atoms with Gasteiger partial charge in [0.1, 0.15) is 5.75 Å². The number of benzene rings is 2. The number of pyridine rings is 1. The molecule has 4 aromatic rings. The van der Waals surface area contributed by atoms with Gasteiger partial charge in [0.05, 0.1) is 18.0 Å². The first-order chi connectivity index (χ1) is 15.5. The number of ether oxygens (including phenoxy) is 2. The summed E-state index contributed by atoms with van der Waals surface area (Å²) < 4.78 is 13.1. The first-order valence-corrected chi connectivity index (χ1v) is 10.6. The van der Waals surface area contributed by atoms with Crippen LogP contribution in [0.1, 0.15) is 25.1 Å². The molecule has 32 heavy (non-hydrogen) atoms. The molecule has 1 unspecified atom stereocenters. The molecule has 2 aromatic heterocycles. The quantitative estimate of drug-likeness (QED) is 0.454. The van der Waals surface area contributed by atoms with Gasteiger partial charge in [0.25, 0.3) is 5.91 Å². The van der Waals surface area contributed by atoms with Gasteiger partial charge in [-0.25, -0.2) is 4.68 Å². The van der Waals surface area contributed by atoms with Crippen LogP contribution in [-0.2, 0) is 4.79 Å². The first kappa shape index (κ1) is 21.4. The summed E-state index contributed by atoms with van der Waals surface area (Å²) in [5.74, 6) is 0.871. The Morgan fingerprint density at radius 3 is 2.50 bits per heavy atom. The molecule has 164 valence electrons. The zero-order valence-electron chi connectivity index (χ0n) is 18.6. The fourth-order valence-electron chi connectivity index (χ4n) is 3.56. The monoisotopic (exact) mass is 430 g/mol. The van der Waals surface area contributed by atoms with Crippen molar-refractivity contribution in [3.05, 3.63) is 71.9 Å². The molecule has 0 radical (unpaired) electrons. The van der Waals surface area contributed by atoms with Crippen LogP contribution in [0.3, 0.4) is 0 Å². The maximum absolute atomic E-state index is 12.7. The Balaban J connectivity index is 1.55. The van der Waals surface area contributed by atoms with Crippen LogP contribution in [0, 0.1) is 13.8 Å². The normalized spacial score (nSPS) is 11.9. The van der Waals surface area contributed by atoms with E-state index in [-0.39, 0.29) is 5.91 Å². The van der Waals surface area contributed by atoms with Crippen molar-refractivity contribution in [1.29, 1.82) is 0 Å². The molecule has 0 saturated heterocycles. The number of hydrogen-bond donors (Lipinski definition) is 1. The van der Waals surface area contributed by atoms with Crippen molar-refractivity contribution in [2.24, 2.45) is 0 Å². The molecular formula is C25H26N4O3. The molecule has 4 rings (SSSR count). The summed E-state index contributed by atoms with van der Waals surface area (Å²) in [6, 6.07) is 18.9. The Kier molecular flexibility index (Phi) is 6.07. The number of nitrogens with zero attached hydrogens (tertiary/aromatic N) is 3. The fraction of sp³-hybridized carbons (Fsp3) is 0.240. The number of nitrogens with one attached hydrogen (secondary N) is 1. The summed E-state index contributed by atoms with van der Waals surface area (Å²) in [7, 11) is 0. The highest BCUT2D eigenvalue weighted by Crippen LogP contribution is 2.27. The lowest BCUT2D eigenvalue weighted by Gasteiger charge is -2.15. The second kappa shape index (κ2) is 9.09. The number of aromatic nitrogens is 3. The van der Waals surface area contributed by atoms with Gasteiger partial charge >= 0.3 is 0 Å². The van der Waals surface area contributed by atoms with E-state index in [0.29, 0.717) is 23.8 Å². The highest BCUT2D eigenvalue weighted by atomic mass is 16.5. The molecule has 0 saturated carbocycles. The molecule has 2 heterocycles. The summed E-state index contributed by atoms with van der Waals surface area (Å²) in [6.07, 6.45) is -0.736. The van der Waals surface area contributed by atoms with Gasteiger partial charge in [-0.2, -0.15) is 10.1 Å². The van der Waals surface area contributed by atoms with E-state index in [0.717, 1.165) is 28.1 Å². The van der Waals surface area contributed by atoms with Crippen LogP contribution in [0.5, 0.6) is 11.6 Å². The zero-order chi connectivity index (χ0) is 22.7. The number of hydrogen-bond acceptors (Lipinski definition) is 5. The summed E-state index contributed by atoms with van der Waals surface area (Å²) in [6.45, 7) is 8.17. The standard InChI is InChI=1S/C25H26N4O3/c1-5-31-21-13-11-19(12-14-21)26-25(30)18(4)32-22-15-16(2)23-17(3)28-29(24(23)27-22)20-9-7-6-8-10-20/h6-15,18H,5H2,1-4H3,(H,26,30). The third kappa shape index (κ3) is 4.42. The van der Waals surface area contributed by atoms with E-state index in [2.05, 4.69) is 15.4 Å². The van der Waals surface area contributed by atoms with E-state index in [4.69, 9.17) is 9.47 Å². The second-order valence-electron chi connectivity index (χ2n) is 7.52. The number of fused-ring (bicyclic) bond motifs is 1. The van der Waals surface area contributed by atoms with Crippen LogP contribution in [0.2, 0.25) is 0 Å². The van der Waals surface area contributed by atoms with Crippen LogP contribution in [0.4, 0.5) is 5.69 Å². The first-order valence-electron chi connectivity index (χ1n) is 10.6. The smallest absolute Gasteiger partial charge is 0.265 e. The third-order valence-electron chi connectivity index (χ3n) is 5.09. The molecule has 0 aliphatic rings. The number of carbonyl (C=O) groups excluding carboxylic acids is 1. The van der Waals surface area contributed by atoms with Crippen molar-refractivity contribution >= 4 is 22.6 Å². The molecular weight excluding hydrogens is 404 g/mol. The third-order valence-corrected chi connectivity index (χ3v) is 5.09. The fourth-order valence-corrected chi connectivity index (χ4v) is 3.56. The number of amides is 1. The van der Waals surface area contributed by atoms with E-state index >= 15 is 0 Å². The molecule has 2 aromatic carbocycles. The maximum atomic E-state index is 12.7. The molecule has 0 spiro atoms. The van der Waals surface area contributed by atoms with E-state index in [1.54, 1.807) is 23.7 Å². The average Bonchev–Trinajstić information content (AvgIpc) is 3.12. The minimum Gasteiger partial charge on any atom is -0.494 e. The predicted molar refractivity (Wildman–Crippen MR) is 125 cm³/mol. The van der Waals surface area contributed by atoms with Gasteiger partial charge in [-0.05, 0) is 69.7 Å². The summed E-state index contributed by atoms with van der Waals surface area (Å²) in [4.78, 5) is 17.3. The van der Waals surface area contributed by atoms with Crippen molar-refractivity contribution in [2.45, 2.75) is 33.8 Å². The van der Waals surface area contributed by atoms with Crippen molar-refractivity contribution in [2.75, 3.05) is 11.9 Å². The van der Waals surface area contributed by atoms with Crippen LogP contribution < -0.4 is 14.8 Å². The summed E-state index contributed by atoms with van der Waals surface area (Å²) >= 11 is 0. The molecule has 1 N–H and O–H groups in total. The van der Waals surface area contributed by atoms with E-state index in [1.165, 1.54) is 0 Å². The maximum Gasteiger partial charge on any atom is 0.265 e. The minimum absolute atomic E-state index is 0.263. The van der Waals surface area contributed by atoms with E-state index in [9.17, 15) is 4.79 Å². The van der Waals surface area contributed by atoms with E-state index < -0.39 is 6.10 Å². The van der Waals surface area contributed by atoms with Crippen LogP contribution in [-0.4, -0.2) is 33.4 Å². The van der Waals surface area contributed by atoms with Gasteiger partial charge in [-0.1, -0.05) is 18.2 Å². The second-order valence-corrected chi connectivity index (χ2v) is 7.52. The highest BCUT2D eigenvalue weighted by molar-refractivity contribution is 5.94. The Morgan fingerprint density at radius 2 is 1.81 bits per heavy atom. The van der Waals surface area contributed by atoms with Gasteiger partial charge in [0, 0.05) is 17.1 Å². The topological polar surface area (TPSA) is 78.3 Å². The molecule has 0 aliphatic carbocycles. The average molecular weight is 431 g/mol. The van der Waals surface area contributed by atoms with Crippen molar-refractivity contribution in [3.63, 3.8) is 0 Å². The molecule has 0 bridgehead atoms. The SMILES string of the molecule is CCOc1ccc(NC(=O)C(C)Oc2cc(C)c3c(C)nn(-c4ccccc4)c3n2)cc1. The molecule has 1 atom stereocenters. The number of anilines is 1. The minimum atomic E-state index is -0.736. The van der Waals surface area contributed by atoms with Gasteiger partial charge < -0.3 is 14.8 Å². The molecule has 7 heteroatoms. The van der Waals surface area contributed by atoms with Crippen molar-refractivity contribution in [1.82, 2.24) is 14.8 Å². The lowest BCUT2D eigenvalue weighted by atomic mass is 10.1. The van der Waals surface area contributed by atoms with Crippen LogP contribution >= 0.6 is 0 Å². The van der Waals surface area contributed by atoms with Gasteiger partial charge in [-0.15, -0.1) is 0 Å². The lowest BCUT2D eigenvalue weighted by molar-refractivity contribution is -0.122. The number of aryl methyl sites for hydroxylation is 2. The van der Waals surface area contributed by atoms with E-state index in [1.807, 2.05) is 69.3 Å². The Bertz CT molecular complexity index is 1230. The Labute approximate surface area is 187 Å². The highest BCUT2D eigenvalue weighted by Gasteiger charge is 2.19. The number of carbonyl (C=O) groups is 1. The summed E-state index contributed by atoms with van der Waals surface area (Å²) in [5.41, 5.74) is 4.16. The van der Waals surface area contributed by atoms with Crippen molar-refractivity contribution < 1.29 is 14.3 Å². The molecule has 1 amide bonds. The van der Waals surface area contributed by atoms with Crippen LogP contribution in [0.25, 0.3) is 16.7 Å². The zero-order valence-corrected chi connectivity index (χ0v) is 18.6. The molecule has 0 aliphatic heterocycles. The molecule has 0 fully saturated rings. The molecule has 7 nitrogen and oxygen atoms in total.